The van der Waals surface area contributed by atoms with Gasteiger partial charge in [0.15, 0.2) is 0 Å². The summed E-state index contributed by atoms with van der Waals surface area (Å²) < 4.78 is 2.84. The van der Waals surface area contributed by atoms with Gasteiger partial charge >= 0.3 is 0 Å². The third kappa shape index (κ3) is 3.67. The van der Waals surface area contributed by atoms with Crippen molar-refractivity contribution in [3.05, 3.63) is 34.7 Å². The van der Waals surface area contributed by atoms with Gasteiger partial charge in [-0.2, -0.15) is 4.98 Å². The Morgan fingerprint density at radius 1 is 1.47 bits per heavy atom. The second kappa shape index (κ2) is 5.97. The Morgan fingerprint density at radius 3 is 3.12 bits per heavy atom. The van der Waals surface area contributed by atoms with Crippen molar-refractivity contribution >= 4 is 33.3 Å². The first-order valence-electron chi connectivity index (χ1n) is 5.13. The highest BCUT2D eigenvalue weighted by Gasteiger charge is 2.02. The minimum Gasteiger partial charge on any atom is -0.369 e. The highest BCUT2D eigenvalue weighted by Crippen LogP contribution is 2.19. The molecule has 0 atom stereocenters. The molecule has 0 aromatic carbocycles. The first-order chi connectivity index (χ1) is 8.25. The Balaban J connectivity index is 1.80. The van der Waals surface area contributed by atoms with E-state index in [-0.39, 0.29) is 5.28 Å². The Bertz CT molecular complexity index is 474. The Kier molecular flexibility index (Phi) is 4.33. The fraction of sp³-hybridized carbons (Fsp3) is 0.300. The number of hydrogen-bond donors (Lipinski definition) is 1. The molecule has 0 saturated carbocycles. The van der Waals surface area contributed by atoms with E-state index in [9.17, 15) is 0 Å². The third-order valence-corrected chi connectivity index (χ3v) is 2.92. The number of imidazole rings is 1. The summed E-state index contributed by atoms with van der Waals surface area (Å²) in [7, 11) is 0. The van der Waals surface area contributed by atoms with Crippen molar-refractivity contribution in [1.29, 1.82) is 0 Å². The van der Waals surface area contributed by atoms with Crippen molar-refractivity contribution in [1.82, 2.24) is 19.5 Å². The van der Waals surface area contributed by atoms with E-state index in [1.165, 1.54) is 0 Å². The van der Waals surface area contributed by atoms with Crippen LogP contribution in [0.5, 0.6) is 0 Å². The molecule has 5 nitrogen and oxygen atoms in total. The number of aryl methyl sites for hydroxylation is 1. The van der Waals surface area contributed by atoms with Gasteiger partial charge in [0.1, 0.15) is 5.82 Å². The van der Waals surface area contributed by atoms with E-state index in [1.54, 1.807) is 18.7 Å². The zero-order valence-corrected chi connectivity index (χ0v) is 11.3. The summed E-state index contributed by atoms with van der Waals surface area (Å²) in [5.74, 6) is 0.718. The fourth-order valence-corrected chi connectivity index (χ4v) is 1.82. The van der Waals surface area contributed by atoms with E-state index in [0.29, 0.717) is 0 Å². The zero-order chi connectivity index (χ0) is 12.1. The van der Waals surface area contributed by atoms with E-state index in [2.05, 4.69) is 36.2 Å². The van der Waals surface area contributed by atoms with Crippen LogP contribution in [0.1, 0.15) is 6.42 Å². The van der Waals surface area contributed by atoms with E-state index in [4.69, 9.17) is 11.6 Å². The van der Waals surface area contributed by atoms with E-state index < -0.39 is 0 Å². The predicted octanol–water partition coefficient (Wildman–Crippen LogP) is 2.59. The lowest BCUT2D eigenvalue weighted by Crippen LogP contribution is -2.07. The summed E-state index contributed by atoms with van der Waals surface area (Å²) >= 11 is 9.08. The minimum atomic E-state index is 0.241. The number of rotatable bonds is 5. The average molecular weight is 317 g/mol. The predicted molar refractivity (Wildman–Crippen MR) is 70.1 cm³/mol. The molecule has 0 unspecified atom stereocenters. The van der Waals surface area contributed by atoms with E-state index in [0.717, 1.165) is 29.8 Å². The smallest absolute Gasteiger partial charge is 0.224 e. The highest BCUT2D eigenvalue weighted by atomic mass is 79.9. The van der Waals surface area contributed by atoms with Crippen LogP contribution in [0.3, 0.4) is 0 Å². The van der Waals surface area contributed by atoms with Crippen LogP contribution in [-0.2, 0) is 6.54 Å². The second-order valence-corrected chi connectivity index (χ2v) is 4.61. The van der Waals surface area contributed by atoms with Crippen LogP contribution >= 0.6 is 27.5 Å². The topological polar surface area (TPSA) is 55.6 Å². The number of halogens is 2. The molecule has 17 heavy (non-hydrogen) atoms. The van der Waals surface area contributed by atoms with Gasteiger partial charge in [0.05, 0.1) is 10.8 Å². The molecule has 0 saturated heterocycles. The summed E-state index contributed by atoms with van der Waals surface area (Å²) in [5.41, 5.74) is 0. The second-order valence-electron chi connectivity index (χ2n) is 3.42. The molecule has 2 aromatic heterocycles. The lowest BCUT2D eigenvalue weighted by Gasteiger charge is -2.07. The van der Waals surface area contributed by atoms with Crippen LogP contribution in [0.4, 0.5) is 5.82 Å². The van der Waals surface area contributed by atoms with E-state index >= 15 is 0 Å². The van der Waals surface area contributed by atoms with Crippen LogP contribution in [0.2, 0.25) is 5.28 Å². The first-order valence-corrected chi connectivity index (χ1v) is 6.30. The largest absolute Gasteiger partial charge is 0.369 e. The maximum atomic E-state index is 5.72. The van der Waals surface area contributed by atoms with Crippen LogP contribution in [0.25, 0.3) is 0 Å². The van der Waals surface area contributed by atoms with Gasteiger partial charge in [-0.1, -0.05) is 0 Å². The summed E-state index contributed by atoms with van der Waals surface area (Å²) in [6.45, 7) is 1.73. The molecule has 1 N–H and O–H groups in total. The van der Waals surface area contributed by atoms with Crippen molar-refractivity contribution in [3.63, 3.8) is 0 Å². The summed E-state index contributed by atoms with van der Waals surface area (Å²) in [5, 5.41) is 3.44. The van der Waals surface area contributed by atoms with Crippen molar-refractivity contribution in [2.75, 3.05) is 11.9 Å². The summed E-state index contributed by atoms with van der Waals surface area (Å²) in [6, 6.07) is 0. The van der Waals surface area contributed by atoms with Crippen LogP contribution < -0.4 is 5.32 Å². The SMILES string of the molecule is Clc1ncc(Br)c(NCCCn2ccnc2)n1. The fourth-order valence-electron chi connectivity index (χ4n) is 1.36. The molecule has 90 valence electrons. The van der Waals surface area contributed by atoms with Gasteiger partial charge < -0.3 is 9.88 Å². The first kappa shape index (κ1) is 12.3. The lowest BCUT2D eigenvalue weighted by atomic mass is 10.4. The molecule has 0 fully saturated rings. The van der Waals surface area contributed by atoms with Gasteiger partial charge in [0.2, 0.25) is 5.28 Å². The Hall–Kier alpha value is -1.14. The van der Waals surface area contributed by atoms with Crippen LogP contribution in [-0.4, -0.2) is 26.1 Å². The number of nitrogens with zero attached hydrogens (tertiary/aromatic N) is 4. The lowest BCUT2D eigenvalue weighted by molar-refractivity contribution is 0.660. The van der Waals surface area contributed by atoms with Crippen LogP contribution in [0, 0.1) is 0 Å². The molecule has 2 aromatic rings. The van der Waals surface area contributed by atoms with Gasteiger partial charge in [0.25, 0.3) is 0 Å². The summed E-state index contributed by atoms with van der Waals surface area (Å²) in [6.07, 6.45) is 8.13. The average Bonchev–Trinajstić information content (AvgIpc) is 2.82. The molecule has 0 aliphatic heterocycles. The number of nitrogens with one attached hydrogen (secondary N) is 1. The van der Waals surface area contributed by atoms with Gasteiger partial charge in [-0.25, -0.2) is 9.97 Å². The molecule has 0 aliphatic carbocycles. The highest BCUT2D eigenvalue weighted by molar-refractivity contribution is 9.10. The molecule has 2 heterocycles. The maximum absolute atomic E-state index is 5.72. The van der Waals surface area contributed by atoms with Crippen molar-refractivity contribution in [2.45, 2.75) is 13.0 Å². The van der Waals surface area contributed by atoms with E-state index in [1.807, 2.05) is 10.8 Å². The molecular weight excluding hydrogens is 306 g/mol. The molecule has 7 heteroatoms. The quantitative estimate of drug-likeness (QED) is 0.680. The summed E-state index contributed by atoms with van der Waals surface area (Å²) in [4.78, 5) is 11.9. The zero-order valence-electron chi connectivity index (χ0n) is 8.98. The van der Waals surface area contributed by atoms with Crippen molar-refractivity contribution < 1.29 is 0 Å². The number of aromatic nitrogens is 4. The molecule has 0 radical (unpaired) electrons. The van der Waals surface area contributed by atoms with Gasteiger partial charge in [-0.15, -0.1) is 0 Å². The number of anilines is 1. The monoisotopic (exact) mass is 315 g/mol. The molecule has 0 amide bonds. The normalized spacial score (nSPS) is 10.5. The number of hydrogen-bond acceptors (Lipinski definition) is 4. The van der Waals surface area contributed by atoms with Crippen molar-refractivity contribution in [2.24, 2.45) is 0 Å². The molecule has 0 spiro atoms. The minimum absolute atomic E-state index is 0.241. The Morgan fingerprint density at radius 2 is 2.35 bits per heavy atom. The standard InChI is InChI=1S/C10H11BrClN5/c11-8-6-15-10(12)16-9(8)14-2-1-4-17-5-3-13-7-17/h3,5-7H,1-2,4H2,(H,14,15,16). The molecular formula is C10H11BrClN5. The third-order valence-electron chi connectivity index (χ3n) is 2.16. The molecule has 0 bridgehead atoms. The maximum Gasteiger partial charge on any atom is 0.224 e. The van der Waals surface area contributed by atoms with Gasteiger partial charge in [-0.05, 0) is 34.0 Å². The van der Waals surface area contributed by atoms with Gasteiger partial charge in [-0.3, -0.25) is 0 Å². The Labute approximate surface area is 112 Å². The molecule has 0 aliphatic rings. The van der Waals surface area contributed by atoms with Crippen molar-refractivity contribution in [3.8, 4) is 0 Å². The molecule has 2 rings (SSSR count). The van der Waals surface area contributed by atoms with Crippen LogP contribution in [0.15, 0.2) is 29.4 Å². The van der Waals surface area contributed by atoms with Gasteiger partial charge in [0, 0.05) is 31.7 Å².